The van der Waals surface area contributed by atoms with E-state index in [1.54, 1.807) is 122 Å². The summed E-state index contributed by atoms with van der Waals surface area (Å²) in [5.41, 5.74) is -11.4. The molecule has 27 nitrogen and oxygen atoms in total. The minimum Gasteiger partial charge on any atom is -0.495 e. The summed E-state index contributed by atoms with van der Waals surface area (Å²) < 4.78 is 247. The molecule has 0 bridgehead atoms. The molecule has 0 aliphatic carbocycles. The second-order valence-electron chi connectivity index (χ2n) is 29.2. The second kappa shape index (κ2) is 43.9. The van der Waals surface area contributed by atoms with Crippen LogP contribution in [0.2, 0.25) is 25.1 Å². The van der Waals surface area contributed by atoms with Gasteiger partial charge in [0.15, 0.2) is 0 Å². The SMILES string of the molecule is CCOC(=O)c1cc(-c2ccc(CN(Cc3ccc(C(F)(F)P(=O)(O)O)c(Cl)c3)S(=O)(=O)c3ccccc3OC)cc2)ccc1Cl.COC(=O)c1ccc(-c2ccc(CN(Cc3ccc(C(F)(F)P(=O)(O)O)c(Cl)c3)S(=O)(=O)c3ccccc3OC)cc2)cc1F.COc1ccccc1S(=O)(=O)N(Cc1ccc(-c2ccc(Cl)c(C(=O)O)c2)cc1)Cc1ccc(C(F)(F)P(=O)(O)O)c(Cl)c1. The number of hydrogen-bond donors (Lipinski definition) is 7. The summed E-state index contributed by atoms with van der Waals surface area (Å²) in [6, 6.07) is 59.8. The van der Waals surface area contributed by atoms with Gasteiger partial charge in [0.25, 0.3) is 0 Å². The Morgan fingerprint density at radius 3 is 0.881 bits per heavy atom. The molecule has 45 heteroatoms. The van der Waals surface area contributed by atoms with Gasteiger partial charge in [-0.05, 0) is 165 Å². The Kier molecular flexibility index (Phi) is 34.7. The molecule has 0 radical (unpaired) electrons. The predicted octanol–water partition coefficient (Wildman–Crippen LogP) is 21.0. The first-order valence-corrected chi connectivity index (χ1v) is 50.0. The van der Waals surface area contributed by atoms with Crippen LogP contribution in [0.25, 0.3) is 33.4 Å². The van der Waals surface area contributed by atoms with Crippen molar-refractivity contribution in [1.29, 1.82) is 0 Å². The Balaban J connectivity index is 0.000000210. The molecule has 0 aromatic heterocycles. The molecule has 0 spiro atoms. The van der Waals surface area contributed by atoms with Crippen LogP contribution in [0, 0.1) is 5.82 Å². The highest BCUT2D eigenvalue weighted by molar-refractivity contribution is 7.89. The second-order valence-corrected chi connectivity index (χ2v) is 41.9. The lowest BCUT2D eigenvalue weighted by Crippen LogP contribution is -2.30. The van der Waals surface area contributed by atoms with Crippen LogP contribution in [-0.4, -0.2) is 126 Å². The highest BCUT2D eigenvalue weighted by atomic mass is 35.5. The van der Waals surface area contributed by atoms with Gasteiger partial charge in [0.1, 0.15) is 37.8 Å². The van der Waals surface area contributed by atoms with Crippen LogP contribution < -0.4 is 14.2 Å². The molecular formula is C90H78Cl5F7N3O24P3S3. The predicted molar refractivity (Wildman–Crippen MR) is 490 cm³/mol. The lowest BCUT2D eigenvalue weighted by atomic mass is 10.0. The molecule has 714 valence electrons. The topological polar surface area (TPSA) is 402 Å². The molecule has 0 unspecified atom stereocenters. The summed E-state index contributed by atoms with van der Waals surface area (Å²) in [6.07, 6.45) is 0. The number of carboxylic acids is 1. The fraction of sp³-hybridized carbons (Fsp3) is 0.167. The zero-order valence-corrected chi connectivity index (χ0v) is 79.6. The zero-order valence-electron chi connectivity index (χ0n) is 70.7. The third-order valence-corrected chi connectivity index (χ3v) is 30.3. The van der Waals surface area contributed by atoms with Gasteiger partial charge in [0, 0.05) is 39.3 Å². The largest absolute Gasteiger partial charge is 0.495 e. The molecule has 0 heterocycles. The van der Waals surface area contributed by atoms with Gasteiger partial charge in [-0.3, -0.25) is 13.7 Å². The van der Waals surface area contributed by atoms with Crippen molar-refractivity contribution in [2.45, 2.75) is 77.9 Å². The number of halogens is 12. The minimum absolute atomic E-state index is 0.0601. The van der Waals surface area contributed by atoms with E-state index in [0.717, 1.165) is 74.6 Å². The monoisotopic (exact) mass is 2080 g/mol. The summed E-state index contributed by atoms with van der Waals surface area (Å²) in [4.78, 5) is 89.7. The summed E-state index contributed by atoms with van der Waals surface area (Å²) in [7, 11) is -25.5. The molecule has 0 fully saturated rings. The van der Waals surface area contributed by atoms with Crippen molar-refractivity contribution in [3.63, 3.8) is 0 Å². The van der Waals surface area contributed by atoms with Crippen LogP contribution in [0.4, 0.5) is 30.7 Å². The standard InChI is InChI=1S/C31H28Cl2F2NO8PS.C30H26ClF3NO8PS.C29H24Cl2F2NO8PS/c1-3-44-30(37)24-17-23(13-15-26(24)32)22-11-8-20(9-12-22)18-36(46(41,42)29-7-5-4-6-28(29)43-2)19-21-10-14-25(27(33)16-21)31(34,35)45(38,39)40;1-42-27-5-3-4-6-28(27)45(40,41)35(18-20-9-14-24(25(31)15-20)30(33,34)44(37,38)39)17-19-7-10-21(11-8-19)22-12-13-23(26(32)16-22)29(36)43-2;1-42-26-4-2-3-5-27(26)44(40,41)34(17-19-8-12-23(25(31)14-19)29(32,33)43(37,38)39)16-18-6-9-20(10-7-18)21-11-13-24(30)22(15-21)28(35)36/h4-17H,3,18-19H2,1-2H3,(H2,38,39,40);3-16H,17-18H2,1-2H3,(H2,37,38,39);2-15H,16-17H2,1H3,(H,35,36)(H2,37,38,39). The third-order valence-electron chi connectivity index (χ3n) is 20.3. The summed E-state index contributed by atoms with van der Waals surface area (Å²) in [6.45, 7) is 0.205. The van der Waals surface area contributed by atoms with Crippen molar-refractivity contribution in [3.05, 3.63) is 352 Å². The van der Waals surface area contributed by atoms with E-state index in [0.29, 0.717) is 50.1 Å². The molecule has 0 atom stereocenters. The number of sulfonamides is 3. The molecule has 12 rings (SSSR count). The average molecular weight is 2080 g/mol. The Hall–Kier alpha value is -10.4. The van der Waals surface area contributed by atoms with Crippen molar-refractivity contribution in [2.75, 3.05) is 35.0 Å². The van der Waals surface area contributed by atoms with Crippen molar-refractivity contribution in [1.82, 2.24) is 12.9 Å². The number of esters is 2. The van der Waals surface area contributed by atoms with Gasteiger partial charge in [0.2, 0.25) is 30.1 Å². The van der Waals surface area contributed by atoms with Crippen molar-refractivity contribution in [3.8, 4) is 50.6 Å². The first kappa shape index (κ1) is 107. The number of aromatic carboxylic acids is 1. The Morgan fingerprint density at radius 1 is 0.341 bits per heavy atom. The maximum absolute atomic E-state index is 14.5. The third kappa shape index (κ3) is 25.0. The van der Waals surface area contributed by atoms with Crippen LogP contribution in [0.3, 0.4) is 0 Å². The van der Waals surface area contributed by atoms with E-state index >= 15 is 0 Å². The number of nitrogens with zero attached hydrogens (tertiary/aromatic N) is 3. The number of carboxylic acid groups (broad SMARTS) is 1. The lowest BCUT2D eigenvalue weighted by molar-refractivity contribution is 0.0524. The van der Waals surface area contributed by atoms with Crippen LogP contribution >= 0.6 is 80.8 Å². The van der Waals surface area contributed by atoms with Crippen molar-refractivity contribution >= 4 is 129 Å². The van der Waals surface area contributed by atoms with Gasteiger partial charge in [-0.1, -0.05) is 222 Å². The quantitative estimate of drug-likeness (QED) is 0.0112. The van der Waals surface area contributed by atoms with E-state index in [4.69, 9.17) is 106 Å². The van der Waals surface area contributed by atoms with Crippen LogP contribution in [0.5, 0.6) is 17.2 Å². The van der Waals surface area contributed by atoms with Crippen molar-refractivity contribution < 1.29 is 142 Å². The number of carbonyl (C=O) groups excluding carboxylic acids is 2. The fourth-order valence-corrected chi connectivity index (χ4v) is 21.1. The molecule has 0 saturated carbocycles. The number of rotatable bonds is 34. The van der Waals surface area contributed by atoms with E-state index in [-0.39, 0.29) is 121 Å². The number of alkyl halides is 6. The maximum atomic E-state index is 14.5. The van der Waals surface area contributed by atoms with E-state index in [1.807, 2.05) is 0 Å². The average Bonchev–Trinajstić information content (AvgIpc) is 0.777. The molecule has 0 amide bonds. The van der Waals surface area contributed by atoms with E-state index in [1.165, 1.54) is 106 Å². The Labute approximate surface area is 794 Å². The minimum atomic E-state index is -5.90. The number of carbonyl (C=O) groups is 3. The number of ether oxygens (including phenoxy) is 5. The molecule has 7 N–H and O–H groups in total. The number of methoxy groups -OCH3 is 4. The lowest BCUT2D eigenvalue weighted by Gasteiger charge is -2.24. The first-order valence-electron chi connectivity index (χ1n) is 39.0. The Morgan fingerprint density at radius 2 is 0.607 bits per heavy atom. The number of hydrogen-bond acceptors (Lipinski definition) is 17. The molecule has 0 saturated heterocycles. The maximum Gasteiger partial charge on any atom is 0.399 e. The summed E-state index contributed by atoms with van der Waals surface area (Å²) in [5.74, 6) is -3.15. The van der Waals surface area contributed by atoms with Gasteiger partial charge in [-0.2, -0.15) is 39.3 Å². The van der Waals surface area contributed by atoms with Crippen LogP contribution in [-0.2, 0) is 109 Å². The number of benzene rings is 12. The smallest absolute Gasteiger partial charge is 0.399 e. The highest BCUT2D eigenvalue weighted by Gasteiger charge is 2.54. The molecule has 0 aliphatic heterocycles. The summed E-state index contributed by atoms with van der Waals surface area (Å²) in [5, 5.41) is 7.73. The Bertz CT molecular complexity index is 6960. The van der Waals surface area contributed by atoms with E-state index in [9.17, 15) is 89.2 Å². The molecule has 12 aromatic rings. The van der Waals surface area contributed by atoms with Crippen LogP contribution in [0.15, 0.2) is 269 Å². The highest BCUT2D eigenvalue weighted by Crippen LogP contribution is 2.63. The fourth-order valence-electron chi connectivity index (χ4n) is 13.3. The molecule has 135 heavy (non-hydrogen) atoms. The van der Waals surface area contributed by atoms with Crippen molar-refractivity contribution in [2.24, 2.45) is 0 Å². The van der Waals surface area contributed by atoms with Gasteiger partial charge in [0.05, 0.1) is 93.5 Å². The first-order chi connectivity index (χ1) is 63.2. The summed E-state index contributed by atoms with van der Waals surface area (Å²) >= 11 is 30.2. The molecule has 0 aliphatic rings. The molecule has 12 aromatic carbocycles. The molecular weight excluding hydrogens is 2010 g/mol. The van der Waals surface area contributed by atoms with Gasteiger partial charge < -0.3 is 58.2 Å². The zero-order chi connectivity index (χ0) is 99.5. The van der Waals surface area contributed by atoms with Crippen LogP contribution in [0.1, 0.15) is 88.1 Å². The normalized spacial score (nSPS) is 12.3. The van der Waals surface area contributed by atoms with E-state index < -0.39 is 125 Å². The number of para-hydroxylation sites is 3. The van der Waals surface area contributed by atoms with Gasteiger partial charge in [-0.15, -0.1) is 0 Å². The van der Waals surface area contributed by atoms with Gasteiger partial charge >= 0.3 is 57.7 Å². The van der Waals surface area contributed by atoms with Gasteiger partial charge in [-0.25, -0.2) is 44.0 Å². The van der Waals surface area contributed by atoms with E-state index in [2.05, 4.69) is 4.74 Å².